The van der Waals surface area contributed by atoms with Crippen LogP contribution in [0.5, 0.6) is 0 Å². The molecule has 2 N–H and O–H groups in total. The SMILES string of the molecule is CC1(CN)CCN(Cc2cc(-n3ccnc3)cs2)C1. The molecule has 0 spiro atoms. The molecule has 0 aromatic carbocycles. The number of nitrogens with two attached hydrogens (primary N) is 1. The van der Waals surface area contributed by atoms with Gasteiger partial charge in [0.25, 0.3) is 0 Å². The van der Waals surface area contributed by atoms with E-state index in [1.54, 1.807) is 0 Å². The number of aromatic nitrogens is 2. The fourth-order valence-corrected chi connectivity index (χ4v) is 3.55. The molecular weight excluding hydrogens is 256 g/mol. The van der Waals surface area contributed by atoms with E-state index < -0.39 is 0 Å². The van der Waals surface area contributed by atoms with Crippen molar-refractivity contribution in [2.75, 3.05) is 19.6 Å². The normalized spacial score (nSPS) is 24.1. The van der Waals surface area contributed by atoms with Crippen molar-refractivity contribution in [2.45, 2.75) is 19.9 Å². The molecule has 3 rings (SSSR count). The fraction of sp³-hybridized carbons (Fsp3) is 0.500. The van der Waals surface area contributed by atoms with Crippen molar-refractivity contribution >= 4 is 11.3 Å². The molecule has 1 aliphatic rings. The highest BCUT2D eigenvalue weighted by Crippen LogP contribution is 2.30. The average Bonchev–Trinajstić information content (AvgIpc) is 3.11. The number of hydrogen-bond acceptors (Lipinski definition) is 4. The molecule has 1 fully saturated rings. The van der Waals surface area contributed by atoms with Crippen LogP contribution in [0, 0.1) is 5.41 Å². The van der Waals surface area contributed by atoms with Crippen LogP contribution in [0.1, 0.15) is 18.2 Å². The second kappa shape index (κ2) is 5.07. The lowest BCUT2D eigenvalue weighted by molar-refractivity contribution is 0.276. The molecule has 2 aromatic heterocycles. The number of hydrogen-bond donors (Lipinski definition) is 1. The smallest absolute Gasteiger partial charge is 0.0991 e. The van der Waals surface area contributed by atoms with Crippen molar-refractivity contribution in [1.29, 1.82) is 0 Å². The maximum absolute atomic E-state index is 5.86. The summed E-state index contributed by atoms with van der Waals surface area (Å²) >= 11 is 1.82. The summed E-state index contributed by atoms with van der Waals surface area (Å²) in [5, 5.41) is 2.19. The van der Waals surface area contributed by atoms with E-state index in [0.29, 0.717) is 5.41 Å². The second-order valence-corrected chi connectivity index (χ2v) is 6.71. The van der Waals surface area contributed by atoms with Gasteiger partial charge in [0, 0.05) is 35.7 Å². The molecule has 102 valence electrons. The molecule has 1 saturated heterocycles. The van der Waals surface area contributed by atoms with Gasteiger partial charge >= 0.3 is 0 Å². The first-order chi connectivity index (χ1) is 9.18. The van der Waals surface area contributed by atoms with Crippen LogP contribution in [0.2, 0.25) is 0 Å². The van der Waals surface area contributed by atoms with Crippen LogP contribution in [0.15, 0.2) is 30.2 Å². The van der Waals surface area contributed by atoms with E-state index in [1.807, 2.05) is 34.6 Å². The van der Waals surface area contributed by atoms with Crippen molar-refractivity contribution in [3.05, 3.63) is 35.0 Å². The molecule has 19 heavy (non-hydrogen) atoms. The lowest BCUT2D eigenvalue weighted by atomic mass is 9.90. The standard InChI is InChI=1S/C14H20N4S/c1-14(9-15)2-4-17(10-14)7-13-6-12(8-19-13)18-5-3-16-11-18/h3,5-6,8,11H,2,4,7,9-10,15H2,1H3. The van der Waals surface area contributed by atoms with Crippen molar-refractivity contribution in [3.8, 4) is 5.69 Å². The molecule has 0 amide bonds. The summed E-state index contributed by atoms with van der Waals surface area (Å²) in [4.78, 5) is 8.00. The Balaban J connectivity index is 1.65. The van der Waals surface area contributed by atoms with Crippen molar-refractivity contribution in [3.63, 3.8) is 0 Å². The first kappa shape index (κ1) is 12.8. The fourth-order valence-electron chi connectivity index (χ4n) is 2.65. The highest BCUT2D eigenvalue weighted by Gasteiger charge is 2.32. The summed E-state index contributed by atoms with van der Waals surface area (Å²) in [5.74, 6) is 0. The van der Waals surface area contributed by atoms with Gasteiger partial charge in [0.2, 0.25) is 0 Å². The summed E-state index contributed by atoms with van der Waals surface area (Å²) in [5.41, 5.74) is 7.37. The molecule has 0 radical (unpaired) electrons. The minimum Gasteiger partial charge on any atom is -0.330 e. The van der Waals surface area contributed by atoms with Gasteiger partial charge in [0.15, 0.2) is 0 Å². The van der Waals surface area contributed by atoms with E-state index >= 15 is 0 Å². The third kappa shape index (κ3) is 2.73. The van der Waals surface area contributed by atoms with E-state index in [4.69, 9.17) is 5.73 Å². The minimum atomic E-state index is 0.310. The van der Waals surface area contributed by atoms with Gasteiger partial charge < -0.3 is 10.3 Å². The number of imidazole rings is 1. The minimum absolute atomic E-state index is 0.310. The van der Waals surface area contributed by atoms with Crippen LogP contribution in [0.4, 0.5) is 0 Å². The van der Waals surface area contributed by atoms with E-state index in [1.165, 1.54) is 17.0 Å². The number of likely N-dealkylation sites (tertiary alicyclic amines) is 1. The zero-order valence-corrected chi connectivity index (χ0v) is 12.1. The Kier molecular flexibility index (Phi) is 3.43. The van der Waals surface area contributed by atoms with Crippen LogP contribution in [-0.4, -0.2) is 34.1 Å². The summed E-state index contributed by atoms with van der Waals surface area (Å²) in [6.07, 6.45) is 6.84. The van der Waals surface area contributed by atoms with Gasteiger partial charge in [-0.3, -0.25) is 4.90 Å². The predicted octanol–water partition coefficient (Wildman–Crippen LogP) is 2.10. The van der Waals surface area contributed by atoms with Gasteiger partial charge in [-0.05, 0) is 31.0 Å². The lowest BCUT2D eigenvalue weighted by Crippen LogP contribution is -2.30. The first-order valence-corrected chi connectivity index (χ1v) is 7.55. The van der Waals surface area contributed by atoms with E-state index in [0.717, 1.165) is 26.2 Å². The first-order valence-electron chi connectivity index (χ1n) is 6.67. The topological polar surface area (TPSA) is 47.1 Å². The monoisotopic (exact) mass is 276 g/mol. The Morgan fingerprint density at radius 3 is 3.11 bits per heavy atom. The zero-order valence-electron chi connectivity index (χ0n) is 11.2. The van der Waals surface area contributed by atoms with Gasteiger partial charge in [-0.2, -0.15) is 0 Å². The second-order valence-electron chi connectivity index (χ2n) is 5.72. The molecular formula is C14H20N4S. The van der Waals surface area contributed by atoms with Crippen LogP contribution in [0.25, 0.3) is 5.69 Å². The van der Waals surface area contributed by atoms with Crippen LogP contribution < -0.4 is 5.73 Å². The highest BCUT2D eigenvalue weighted by molar-refractivity contribution is 7.10. The third-order valence-corrected chi connectivity index (χ3v) is 4.86. The molecule has 1 unspecified atom stereocenters. The molecule has 1 atom stereocenters. The van der Waals surface area contributed by atoms with Crippen molar-refractivity contribution in [2.24, 2.45) is 11.1 Å². The molecule has 0 bridgehead atoms. The number of rotatable bonds is 4. The van der Waals surface area contributed by atoms with Crippen LogP contribution in [0.3, 0.4) is 0 Å². The summed E-state index contributed by atoms with van der Waals surface area (Å²) in [7, 11) is 0. The molecule has 1 aliphatic heterocycles. The lowest BCUT2D eigenvalue weighted by Gasteiger charge is -2.22. The van der Waals surface area contributed by atoms with Crippen LogP contribution in [-0.2, 0) is 6.54 Å². The largest absolute Gasteiger partial charge is 0.330 e. The Bertz CT molecular complexity index is 533. The maximum Gasteiger partial charge on any atom is 0.0991 e. The van der Waals surface area contributed by atoms with Gasteiger partial charge in [0.05, 0.1) is 12.0 Å². The summed E-state index contributed by atoms with van der Waals surface area (Å²) < 4.78 is 2.05. The van der Waals surface area contributed by atoms with Crippen molar-refractivity contribution < 1.29 is 0 Å². The molecule has 3 heterocycles. The Hall–Kier alpha value is -1.17. The average molecular weight is 276 g/mol. The molecule has 2 aromatic rings. The van der Waals surface area contributed by atoms with E-state index in [9.17, 15) is 0 Å². The van der Waals surface area contributed by atoms with E-state index in [2.05, 4.69) is 28.3 Å². The maximum atomic E-state index is 5.86. The Morgan fingerprint density at radius 1 is 1.53 bits per heavy atom. The molecule has 4 nitrogen and oxygen atoms in total. The summed E-state index contributed by atoms with van der Waals surface area (Å²) in [6.45, 7) is 6.38. The van der Waals surface area contributed by atoms with Gasteiger partial charge in [-0.15, -0.1) is 11.3 Å². The molecule has 0 saturated carbocycles. The Morgan fingerprint density at radius 2 is 2.42 bits per heavy atom. The number of thiophene rings is 1. The quantitative estimate of drug-likeness (QED) is 0.930. The van der Waals surface area contributed by atoms with Gasteiger partial charge in [-0.1, -0.05) is 6.92 Å². The predicted molar refractivity (Wildman–Crippen MR) is 78.5 cm³/mol. The number of nitrogens with zero attached hydrogens (tertiary/aromatic N) is 3. The zero-order chi connectivity index (χ0) is 13.3. The molecule has 0 aliphatic carbocycles. The third-order valence-electron chi connectivity index (χ3n) is 3.95. The van der Waals surface area contributed by atoms with Gasteiger partial charge in [0.1, 0.15) is 0 Å². The Labute approximate surface area is 117 Å². The van der Waals surface area contributed by atoms with E-state index in [-0.39, 0.29) is 0 Å². The summed E-state index contributed by atoms with van der Waals surface area (Å²) in [6, 6.07) is 2.25. The van der Waals surface area contributed by atoms with Gasteiger partial charge in [-0.25, -0.2) is 4.98 Å². The highest BCUT2D eigenvalue weighted by atomic mass is 32.1. The molecule has 5 heteroatoms. The van der Waals surface area contributed by atoms with Crippen LogP contribution >= 0.6 is 11.3 Å². The van der Waals surface area contributed by atoms with Crippen molar-refractivity contribution in [1.82, 2.24) is 14.5 Å².